The second-order valence-electron chi connectivity index (χ2n) is 4.34. The first-order valence-corrected chi connectivity index (χ1v) is 8.05. The van der Waals surface area contributed by atoms with Gasteiger partial charge in [0.25, 0.3) is 0 Å². The van der Waals surface area contributed by atoms with Crippen molar-refractivity contribution >= 4 is 47.8 Å². The minimum atomic E-state index is 0.425. The molecule has 0 aliphatic carbocycles. The van der Waals surface area contributed by atoms with Crippen molar-refractivity contribution in [2.24, 2.45) is 5.92 Å². The number of hydrogen-bond acceptors (Lipinski definition) is 0. The number of halogens is 3. The van der Waals surface area contributed by atoms with Crippen LogP contribution in [0.4, 0.5) is 0 Å². The zero-order valence-electron chi connectivity index (χ0n) is 9.86. The summed E-state index contributed by atoms with van der Waals surface area (Å²) in [4.78, 5) is 0.425. The molecule has 1 aromatic rings. The van der Waals surface area contributed by atoms with E-state index in [1.165, 1.54) is 32.9 Å². The normalized spacial score (nSPS) is 14.9. The van der Waals surface area contributed by atoms with Gasteiger partial charge in [-0.15, -0.1) is 0 Å². The van der Waals surface area contributed by atoms with Gasteiger partial charge >= 0.3 is 0 Å². The van der Waals surface area contributed by atoms with E-state index in [9.17, 15) is 0 Å². The third-order valence-corrected chi connectivity index (χ3v) is 5.33. The van der Waals surface area contributed by atoms with E-state index in [0.29, 0.717) is 4.83 Å². The van der Waals surface area contributed by atoms with E-state index in [4.69, 9.17) is 0 Å². The molecule has 0 fully saturated rings. The quantitative estimate of drug-likeness (QED) is 0.502. The molecule has 0 radical (unpaired) electrons. The Labute approximate surface area is 124 Å². The average Bonchev–Trinajstić information content (AvgIpc) is 2.23. The summed E-state index contributed by atoms with van der Waals surface area (Å²) >= 11 is 11.0. The Kier molecular flexibility index (Phi) is 6.03. The summed E-state index contributed by atoms with van der Waals surface area (Å²) in [6.45, 7) is 6.65. The lowest BCUT2D eigenvalue weighted by molar-refractivity contribution is 0.514. The molecule has 0 saturated carbocycles. The van der Waals surface area contributed by atoms with Gasteiger partial charge in [-0.05, 0) is 42.5 Å². The highest BCUT2D eigenvalue weighted by Gasteiger charge is 2.15. The minimum Gasteiger partial charge on any atom is -0.0838 e. The summed E-state index contributed by atoms with van der Waals surface area (Å²) in [7, 11) is 0. The van der Waals surface area contributed by atoms with E-state index in [-0.39, 0.29) is 0 Å². The Balaban J connectivity index is 2.91. The molecule has 16 heavy (non-hydrogen) atoms. The van der Waals surface area contributed by atoms with Gasteiger partial charge < -0.3 is 0 Å². The maximum absolute atomic E-state index is 3.79. The fourth-order valence-corrected chi connectivity index (χ4v) is 3.97. The van der Waals surface area contributed by atoms with Crippen LogP contribution in [0, 0.1) is 12.8 Å². The van der Waals surface area contributed by atoms with Crippen LogP contribution in [-0.2, 0) is 0 Å². The smallest absolute Gasteiger partial charge is 0.0409 e. The number of rotatable bonds is 4. The van der Waals surface area contributed by atoms with E-state index in [1.54, 1.807) is 0 Å². The fraction of sp³-hybridized carbons (Fsp3) is 0.538. The largest absolute Gasteiger partial charge is 0.0838 e. The van der Waals surface area contributed by atoms with Gasteiger partial charge in [0, 0.05) is 13.8 Å². The molecule has 0 aliphatic rings. The Morgan fingerprint density at radius 1 is 1.19 bits per heavy atom. The Hall–Kier alpha value is 0.660. The topological polar surface area (TPSA) is 0 Å². The summed E-state index contributed by atoms with van der Waals surface area (Å²) in [5.74, 6) is 0.747. The number of alkyl halides is 1. The molecular weight excluding hydrogens is 396 g/mol. The van der Waals surface area contributed by atoms with Crippen LogP contribution >= 0.6 is 47.8 Å². The zero-order chi connectivity index (χ0) is 12.3. The lowest BCUT2D eigenvalue weighted by Gasteiger charge is -2.17. The van der Waals surface area contributed by atoms with E-state index in [1.807, 2.05) is 0 Å². The molecule has 90 valence electrons. The van der Waals surface area contributed by atoms with Crippen LogP contribution in [0.1, 0.15) is 42.6 Å². The second kappa shape index (κ2) is 6.55. The number of hydrogen-bond donors (Lipinski definition) is 0. The molecule has 0 N–H and O–H groups in total. The molecule has 1 rings (SSSR count). The maximum atomic E-state index is 3.79. The highest BCUT2D eigenvalue weighted by molar-refractivity contribution is 9.11. The second-order valence-corrected chi connectivity index (χ2v) is 7.15. The van der Waals surface area contributed by atoms with Gasteiger partial charge in [0.1, 0.15) is 0 Å². The summed E-state index contributed by atoms with van der Waals surface area (Å²) in [5, 5.41) is 0. The molecule has 0 saturated heterocycles. The van der Waals surface area contributed by atoms with Gasteiger partial charge in [0.15, 0.2) is 0 Å². The molecule has 2 unspecified atom stereocenters. The molecule has 1 aromatic carbocycles. The molecule has 0 aromatic heterocycles. The number of aryl methyl sites for hydroxylation is 1. The van der Waals surface area contributed by atoms with Crippen LogP contribution in [0.25, 0.3) is 0 Å². The highest BCUT2D eigenvalue weighted by atomic mass is 79.9. The van der Waals surface area contributed by atoms with Crippen LogP contribution in [-0.4, -0.2) is 0 Å². The standard InChI is InChI=1S/C13H17Br3/c1-4-8(2)5-12(15)10-7-11(14)9(3)6-13(10)16/h6-8,12H,4-5H2,1-3H3. The van der Waals surface area contributed by atoms with Crippen molar-refractivity contribution in [1.82, 2.24) is 0 Å². The summed E-state index contributed by atoms with van der Waals surface area (Å²) in [6.07, 6.45) is 2.40. The third kappa shape index (κ3) is 3.85. The first kappa shape index (κ1) is 14.7. The minimum absolute atomic E-state index is 0.425. The van der Waals surface area contributed by atoms with E-state index in [2.05, 4.69) is 80.7 Å². The van der Waals surface area contributed by atoms with Crippen molar-refractivity contribution in [3.63, 3.8) is 0 Å². The van der Waals surface area contributed by atoms with Crippen LogP contribution in [0.2, 0.25) is 0 Å². The Morgan fingerprint density at radius 2 is 1.81 bits per heavy atom. The van der Waals surface area contributed by atoms with Crippen LogP contribution in [0.15, 0.2) is 21.1 Å². The van der Waals surface area contributed by atoms with Gasteiger partial charge in [-0.2, -0.15) is 0 Å². The lowest BCUT2D eigenvalue weighted by Crippen LogP contribution is -2.00. The first-order chi connectivity index (χ1) is 7.45. The van der Waals surface area contributed by atoms with Crippen LogP contribution in [0.3, 0.4) is 0 Å². The Morgan fingerprint density at radius 3 is 2.38 bits per heavy atom. The third-order valence-electron chi connectivity index (χ3n) is 2.92. The number of benzene rings is 1. The Bertz CT molecular complexity index is 360. The molecule has 0 nitrogen and oxygen atoms in total. The van der Waals surface area contributed by atoms with E-state index >= 15 is 0 Å². The van der Waals surface area contributed by atoms with E-state index < -0.39 is 0 Å². The lowest BCUT2D eigenvalue weighted by atomic mass is 9.98. The van der Waals surface area contributed by atoms with Gasteiger partial charge in [0.2, 0.25) is 0 Å². The summed E-state index contributed by atoms with van der Waals surface area (Å²) < 4.78 is 2.37. The van der Waals surface area contributed by atoms with Crippen molar-refractivity contribution in [3.05, 3.63) is 32.2 Å². The summed E-state index contributed by atoms with van der Waals surface area (Å²) in [5.41, 5.74) is 2.59. The van der Waals surface area contributed by atoms with Gasteiger partial charge in [-0.1, -0.05) is 68.1 Å². The maximum Gasteiger partial charge on any atom is 0.0409 e. The highest BCUT2D eigenvalue weighted by Crippen LogP contribution is 2.37. The molecule has 0 amide bonds. The molecule has 0 bridgehead atoms. The zero-order valence-corrected chi connectivity index (χ0v) is 14.6. The average molecular weight is 413 g/mol. The van der Waals surface area contributed by atoms with Crippen molar-refractivity contribution in [3.8, 4) is 0 Å². The van der Waals surface area contributed by atoms with Crippen molar-refractivity contribution < 1.29 is 0 Å². The molecule has 0 heterocycles. The van der Waals surface area contributed by atoms with Gasteiger partial charge in [-0.3, -0.25) is 0 Å². The van der Waals surface area contributed by atoms with Crippen molar-refractivity contribution in [1.29, 1.82) is 0 Å². The molecule has 0 spiro atoms. The van der Waals surface area contributed by atoms with Gasteiger partial charge in [-0.25, -0.2) is 0 Å². The van der Waals surface area contributed by atoms with E-state index in [0.717, 1.165) is 5.92 Å². The predicted octanol–water partition coefficient (Wildman–Crippen LogP) is 6.39. The predicted molar refractivity (Wildman–Crippen MR) is 82.3 cm³/mol. The summed E-state index contributed by atoms with van der Waals surface area (Å²) in [6, 6.07) is 4.38. The molecule has 0 aliphatic heterocycles. The first-order valence-electron chi connectivity index (χ1n) is 5.55. The molecule has 2 atom stereocenters. The van der Waals surface area contributed by atoms with Crippen LogP contribution < -0.4 is 0 Å². The monoisotopic (exact) mass is 410 g/mol. The van der Waals surface area contributed by atoms with Crippen molar-refractivity contribution in [2.75, 3.05) is 0 Å². The SMILES string of the molecule is CCC(C)CC(Br)c1cc(Br)c(C)cc1Br. The van der Waals surface area contributed by atoms with Gasteiger partial charge in [0.05, 0.1) is 0 Å². The molecular formula is C13H17Br3. The van der Waals surface area contributed by atoms with Crippen molar-refractivity contribution in [2.45, 2.75) is 38.4 Å². The molecule has 3 heteroatoms. The van der Waals surface area contributed by atoms with Crippen LogP contribution in [0.5, 0.6) is 0 Å². The fourth-order valence-electron chi connectivity index (χ4n) is 1.55.